The molecule has 3 nitrogen and oxygen atoms in total. The number of nitrogens with one attached hydrogen (secondary N) is 2. The van der Waals surface area contributed by atoms with Crippen LogP contribution in [0, 0.1) is 18.6 Å². The van der Waals surface area contributed by atoms with Crippen molar-refractivity contribution in [1.82, 2.24) is 0 Å². The van der Waals surface area contributed by atoms with Gasteiger partial charge in [0.2, 0.25) is 0 Å². The van der Waals surface area contributed by atoms with E-state index in [4.69, 9.17) is 0 Å². The third kappa shape index (κ3) is 3.37. The Morgan fingerprint density at radius 1 is 1.14 bits per heavy atom. The van der Waals surface area contributed by atoms with Crippen molar-refractivity contribution in [1.29, 1.82) is 0 Å². The molecule has 0 atom stereocenters. The van der Waals surface area contributed by atoms with Gasteiger partial charge in [0.1, 0.15) is 11.6 Å². The first-order chi connectivity index (χ1) is 10.0. The highest BCUT2D eigenvalue weighted by Crippen LogP contribution is 2.22. The van der Waals surface area contributed by atoms with Gasteiger partial charge in [-0.3, -0.25) is 4.79 Å². The van der Waals surface area contributed by atoms with Gasteiger partial charge in [0.05, 0.1) is 16.9 Å². The topological polar surface area (TPSA) is 41.1 Å². The number of benzene rings is 2. The average molecular weight is 290 g/mol. The third-order valence-corrected chi connectivity index (χ3v) is 2.98. The molecule has 0 saturated heterocycles. The van der Waals surface area contributed by atoms with Crippen LogP contribution in [0.25, 0.3) is 0 Å². The van der Waals surface area contributed by atoms with Crippen LogP contribution in [-0.4, -0.2) is 12.5 Å². The Hall–Kier alpha value is -2.43. The van der Waals surface area contributed by atoms with Crippen LogP contribution in [0.2, 0.25) is 0 Å². The first kappa shape index (κ1) is 15.0. The van der Waals surface area contributed by atoms with E-state index >= 15 is 0 Å². The number of para-hydroxylation sites is 1. The summed E-state index contributed by atoms with van der Waals surface area (Å²) >= 11 is 0. The molecule has 0 saturated carbocycles. The molecule has 1 amide bonds. The van der Waals surface area contributed by atoms with Gasteiger partial charge in [-0.05, 0) is 43.7 Å². The van der Waals surface area contributed by atoms with Gasteiger partial charge < -0.3 is 10.6 Å². The van der Waals surface area contributed by atoms with E-state index in [1.54, 1.807) is 19.9 Å². The Morgan fingerprint density at radius 2 is 1.90 bits per heavy atom. The SMILES string of the molecule is CCNc1c(F)cccc1C(=O)Nc1cc(C)ccc1F. The first-order valence-corrected chi connectivity index (χ1v) is 6.62. The van der Waals surface area contributed by atoms with E-state index in [1.807, 2.05) is 0 Å². The largest absolute Gasteiger partial charge is 0.382 e. The fraction of sp³-hybridized carbons (Fsp3) is 0.188. The highest BCUT2D eigenvalue weighted by atomic mass is 19.1. The fourth-order valence-corrected chi connectivity index (χ4v) is 1.99. The van der Waals surface area contributed by atoms with Gasteiger partial charge in [-0.1, -0.05) is 12.1 Å². The van der Waals surface area contributed by atoms with Crippen LogP contribution >= 0.6 is 0 Å². The third-order valence-electron chi connectivity index (χ3n) is 2.98. The molecular formula is C16H16F2N2O. The number of aryl methyl sites for hydroxylation is 1. The van der Waals surface area contributed by atoms with Crippen LogP contribution in [0.3, 0.4) is 0 Å². The van der Waals surface area contributed by atoms with Gasteiger partial charge in [0, 0.05) is 6.54 Å². The predicted molar refractivity (Wildman–Crippen MR) is 79.7 cm³/mol. The van der Waals surface area contributed by atoms with E-state index < -0.39 is 17.5 Å². The lowest BCUT2D eigenvalue weighted by Crippen LogP contribution is -2.16. The number of rotatable bonds is 4. The standard InChI is InChI=1S/C16H16F2N2O/c1-3-19-15-11(5-4-6-13(15)18)16(21)20-14-9-10(2)7-8-12(14)17/h4-9,19H,3H2,1-2H3,(H,20,21). The number of anilines is 2. The van der Waals surface area contributed by atoms with E-state index in [9.17, 15) is 13.6 Å². The maximum absolute atomic E-state index is 13.8. The van der Waals surface area contributed by atoms with Crippen molar-refractivity contribution in [3.8, 4) is 0 Å². The van der Waals surface area contributed by atoms with Gasteiger partial charge in [-0.15, -0.1) is 0 Å². The normalized spacial score (nSPS) is 10.3. The highest BCUT2D eigenvalue weighted by Gasteiger charge is 2.16. The van der Waals surface area contributed by atoms with Gasteiger partial charge >= 0.3 is 0 Å². The number of hydrogen-bond acceptors (Lipinski definition) is 2. The summed E-state index contributed by atoms with van der Waals surface area (Å²) in [6.45, 7) is 4.07. The van der Waals surface area contributed by atoms with E-state index in [0.29, 0.717) is 6.54 Å². The van der Waals surface area contributed by atoms with Crippen molar-refractivity contribution in [2.45, 2.75) is 13.8 Å². The van der Waals surface area contributed by atoms with Crippen molar-refractivity contribution in [2.24, 2.45) is 0 Å². The molecule has 0 unspecified atom stereocenters. The van der Waals surface area contributed by atoms with Crippen molar-refractivity contribution in [3.05, 3.63) is 59.2 Å². The first-order valence-electron chi connectivity index (χ1n) is 6.62. The average Bonchev–Trinajstić information content (AvgIpc) is 2.45. The summed E-state index contributed by atoms with van der Waals surface area (Å²) in [5.41, 5.74) is 1.15. The lowest BCUT2D eigenvalue weighted by molar-refractivity contribution is 0.102. The Bertz CT molecular complexity index is 671. The zero-order valence-corrected chi connectivity index (χ0v) is 11.8. The number of carbonyl (C=O) groups is 1. The molecule has 21 heavy (non-hydrogen) atoms. The van der Waals surface area contributed by atoms with E-state index in [-0.39, 0.29) is 16.9 Å². The molecule has 0 aromatic heterocycles. The molecule has 0 heterocycles. The minimum absolute atomic E-state index is 0.0757. The van der Waals surface area contributed by atoms with Crippen LogP contribution in [0.5, 0.6) is 0 Å². The van der Waals surface area contributed by atoms with Crippen LogP contribution < -0.4 is 10.6 Å². The molecule has 2 aromatic rings. The summed E-state index contributed by atoms with van der Waals surface area (Å²) in [6, 6.07) is 8.61. The van der Waals surface area contributed by atoms with Crippen molar-refractivity contribution in [3.63, 3.8) is 0 Å². The predicted octanol–water partition coefficient (Wildman–Crippen LogP) is 3.96. The Balaban J connectivity index is 2.32. The minimum Gasteiger partial charge on any atom is -0.382 e. The molecule has 0 fully saturated rings. The van der Waals surface area contributed by atoms with E-state index in [1.165, 1.54) is 30.3 Å². The fourth-order valence-electron chi connectivity index (χ4n) is 1.99. The Morgan fingerprint density at radius 3 is 2.62 bits per heavy atom. The molecule has 5 heteroatoms. The quantitative estimate of drug-likeness (QED) is 0.895. The molecule has 0 radical (unpaired) electrons. The summed E-state index contributed by atoms with van der Waals surface area (Å²) in [5, 5.41) is 5.28. The van der Waals surface area contributed by atoms with E-state index in [2.05, 4.69) is 10.6 Å². The number of carbonyl (C=O) groups excluding carboxylic acids is 1. The maximum atomic E-state index is 13.8. The lowest BCUT2D eigenvalue weighted by Gasteiger charge is -2.12. The molecule has 0 aliphatic rings. The maximum Gasteiger partial charge on any atom is 0.257 e. The smallest absolute Gasteiger partial charge is 0.257 e. The Labute approximate surface area is 122 Å². The molecule has 2 N–H and O–H groups in total. The summed E-state index contributed by atoms with van der Waals surface area (Å²) < 4.78 is 27.4. The zero-order valence-electron chi connectivity index (χ0n) is 11.8. The highest BCUT2D eigenvalue weighted by molar-refractivity contribution is 6.08. The van der Waals surface area contributed by atoms with Crippen LogP contribution in [0.1, 0.15) is 22.8 Å². The van der Waals surface area contributed by atoms with Crippen molar-refractivity contribution in [2.75, 3.05) is 17.2 Å². The van der Waals surface area contributed by atoms with Gasteiger partial charge in [-0.25, -0.2) is 8.78 Å². The second-order valence-corrected chi connectivity index (χ2v) is 4.63. The minimum atomic E-state index is -0.560. The van der Waals surface area contributed by atoms with Gasteiger partial charge in [0.15, 0.2) is 0 Å². The Kier molecular flexibility index (Phi) is 4.52. The molecule has 2 aromatic carbocycles. The molecule has 2 rings (SSSR count). The molecule has 0 bridgehead atoms. The second kappa shape index (κ2) is 6.35. The van der Waals surface area contributed by atoms with Crippen LogP contribution in [0.15, 0.2) is 36.4 Å². The number of amides is 1. The summed E-state index contributed by atoms with van der Waals surface area (Å²) in [4.78, 5) is 12.2. The van der Waals surface area contributed by atoms with Crippen LogP contribution in [0.4, 0.5) is 20.2 Å². The number of hydrogen-bond donors (Lipinski definition) is 2. The molecule has 0 spiro atoms. The molecular weight excluding hydrogens is 274 g/mol. The van der Waals surface area contributed by atoms with Crippen molar-refractivity contribution >= 4 is 17.3 Å². The summed E-state index contributed by atoms with van der Waals surface area (Å²) in [7, 11) is 0. The van der Waals surface area contributed by atoms with E-state index in [0.717, 1.165) is 5.56 Å². The molecule has 110 valence electrons. The monoisotopic (exact) mass is 290 g/mol. The van der Waals surface area contributed by atoms with Gasteiger partial charge in [-0.2, -0.15) is 0 Å². The molecule has 0 aliphatic heterocycles. The summed E-state index contributed by atoms with van der Waals surface area (Å²) in [6.07, 6.45) is 0. The second-order valence-electron chi connectivity index (χ2n) is 4.63. The lowest BCUT2D eigenvalue weighted by atomic mass is 10.1. The molecule has 0 aliphatic carbocycles. The van der Waals surface area contributed by atoms with Gasteiger partial charge in [0.25, 0.3) is 5.91 Å². The van der Waals surface area contributed by atoms with Crippen LogP contribution in [-0.2, 0) is 0 Å². The van der Waals surface area contributed by atoms with Crippen molar-refractivity contribution < 1.29 is 13.6 Å². The zero-order chi connectivity index (χ0) is 15.4. The summed E-state index contributed by atoms with van der Waals surface area (Å²) in [5.74, 6) is -1.61. The number of halogens is 2.